The molecule has 0 radical (unpaired) electrons. The summed E-state index contributed by atoms with van der Waals surface area (Å²) in [5.41, 5.74) is 18.0. The van der Waals surface area contributed by atoms with Crippen molar-refractivity contribution in [2.24, 2.45) is 10.7 Å². The van der Waals surface area contributed by atoms with E-state index in [0.717, 1.165) is 38.8 Å². The van der Waals surface area contributed by atoms with Crippen LogP contribution in [0.25, 0.3) is 15.9 Å². The number of nitrogens with one attached hydrogen (secondary N) is 2. The molecule has 8 nitrogen and oxygen atoms in total. The Morgan fingerprint density at radius 2 is 2.24 bits per heavy atom. The van der Waals surface area contributed by atoms with Crippen LogP contribution in [0.15, 0.2) is 41.0 Å². The average molecular weight is 352 g/mol. The molecule has 126 valence electrons. The molecule has 9 heteroatoms. The molecular weight excluding hydrogens is 336 g/mol. The Morgan fingerprint density at radius 1 is 1.32 bits per heavy atom. The highest BCUT2D eigenvalue weighted by molar-refractivity contribution is 7.16. The second-order valence-electron chi connectivity index (χ2n) is 5.38. The minimum Gasteiger partial charge on any atom is -0.404 e. The fourth-order valence-corrected chi connectivity index (χ4v) is 3.26. The van der Waals surface area contributed by atoms with E-state index in [2.05, 4.69) is 25.9 Å². The van der Waals surface area contributed by atoms with Crippen LogP contribution in [0.5, 0.6) is 0 Å². The topological polar surface area (TPSA) is 104 Å². The summed E-state index contributed by atoms with van der Waals surface area (Å²) in [4.78, 5) is 18.5. The summed E-state index contributed by atoms with van der Waals surface area (Å²) in [5.74, 6) is 0.785. The predicted octanol–water partition coefficient (Wildman–Crippen LogP) is 1.94. The Bertz CT molecular complexity index is 977. The molecule has 0 amide bonds. The molecule has 3 aromatic rings. The number of nitrogens with zero attached hydrogens (tertiary/aromatic N) is 5. The first-order valence-electron chi connectivity index (χ1n) is 7.62. The van der Waals surface area contributed by atoms with Crippen molar-refractivity contribution in [3.8, 4) is 0 Å². The van der Waals surface area contributed by atoms with Gasteiger partial charge in [0.2, 0.25) is 0 Å². The number of rotatable bonds is 4. The maximum atomic E-state index is 5.68. The summed E-state index contributed by atoms with van der Waals surface area (Å²) in [6.45, 7) is 0.563. The van der Waals surface area contributed by atoms with Crippen LogP contribution < -0.4 is 21.7 Å². The minimum atomic E-state index is 0.563. The van der Waals surface area contributed by atoms with Gasteiger partial charge in [0.25, 0.3) is 0 Å². The summed E-state index contributed by atoms with van der Waals surface area (Å²) in [6.07, 6.45) is 3.19. The molecular formula is C16H16N8S. The molecule has 3 aromatic heterocycles. The van der Waals surface area contributed by atoms with Crippen LogP contribution in [0.3, 0.4) is 0 Å². The van der Waals surface area contributed by atoms with Crippen molar-refractivity contribution in [1.29, 1.82) is 0 Å². The Labute approximate surface area is 148 Å². The number of thiazole rings is 1. The lowest BCUT2D eigenvalue weighted by Crippen LogP contribution is -2.36. The number of aromatic nitrogens is 3. The van der Waals surface area contributed by atoms with Gasteiger partial charge in [-0.3, -0.25) is 10.0 Å². The maximum Gasteiger partial charge on any atom is 0.170 e. The smallest absolute Gasteiger partial charge is 0.170 e. The number of hydrazine groups is 2. The number of nitrogens with two attached hydrogens (primary N) is 1. The Kier molecular flexibility index (Phi) is 4.00. The van der Waals surface area contributed by atoms with Crippen LogP contribution in [0.2, 0.25) is 0 Å². The van der Waals surface area contributed by atoms with E-state index in [1.807, 2.05) is 29.3 Å². The zero-order chi connectivity index (χ0) is 17.2. The van der Waals surface area contributed by atoms with Gasteiger partial charge >= 0.3 is 0 Å². The molecule has 0 aliphatic carbocycles. The van der Waals surface area contributed by atoms with Gasteiger partial charge in [0, 0.05) is 25.0 Å². The lowest BCUT2D eigenvalue weighted by molar-refractivity contribution is 0.707. The third-order valence-corrected chi connectivity index (χ3v) is 4.51. The molecule has 1 aliphatic rings. The predicted molar refractivity (Wildman–Crippen MR) is 101 cm³/mol. The summed E-state index contributed by atoms with van der Waals surface area (Å²) >= 11 is 1.53. The SMILES string of the molecule is CN=CC(=CN)c1ccc2c(n1)N(Cc1ccc3ncsc3n1)NN2. The van der Waals surface area contributed by atoms with Crippen molar-refractivity contribution in [1.82, 2.24) is 20.5 Å². The number of aliphatic imine (C=N–C) groups is 1. The van der Waals surface area contributed by atoms with Gasteiger partial charge in [0.05, 0.1) is 34.6 Å². The highest BCUT2D eigenvalue weighted by Crippen LogP contribution is 2.29. The zero-order valence-electron chi connectivity index (χ0n) is 13.5. The van der Waals surface area contributed by atoms with E-state index in [9.17, 15) is 0 Å². The molecule has 4 N–H and O–H groups in total. The molecule has 4 heterocycles. The Morgan fingerprint density at radius 3 is 3.08 bits per heavy atom. The first kappa shape index (κ1) is 15.5. The number of pyridine rings is 2. The van der Waals surface area contributed by atoms with E-state index in [-0.39, 0.29) is 0 Å². The van der Waals surface area contributed by atoms with Gasteiger partial charge in [-0.05, 0) is 24.3 Å². The number of hydrogen-bond acceptors (Lipinski definition) is 9. The third kappa shape index (κ3) is 2.90. The molecule has 0 saturated heterocycles. The van der Waals surface area contributed by atoms with Gasteiger partial charge in [-0.25, -0.2) is 15.0 Å². The Balaban J connectivity index is 1.63. The summed E-state index contributed by atoms with van der Waals surface area (Å²) in [5, 5.41) is 1.91. The van der Waals surface area contributed by atoms with E-state index in [4.69, 9.17) is 10.7 Å². The van der Waals surface area contributed by atoms with Crippen LogP contribution in [-0.2, 0) is 6.54 Å². The fourth-order valence-electron chi connectivity index (χ4n) is 2.58. The van der Waals surface area contributed by atoms with Crippen molar-refractivity contribution < 1.29 is 0 Å². The van der Waals surface area contributed by atoms with E-state index in [0.29, 0.717) is 6.54 Å². The lowest BCUT2D eigenvalue weighted by Gasteiger charge is -2.16. The number of anilines is 2. The first-order valence-corrected chi connectivity index (χ1v) is 8.50. The van der Waals surface area contributed by atoms with Gasteiger partial charge in [-0.1, -0.05) is 0 Å². The monoisotopic (exact) mass is 352 g/mol. The summed E-state index contributed by atoms with van der Waals surface area (Å²) in [6, 6.07) is 7.81. The average Bonchev–Trinajstić information content (AvgIpc) is 3.26. The quantitative estimate of drug-likeness (QED) is 0.616. The molecule has 25 heavy (non-hydrogen) atoms. The lowest BCUT2D eigenvalue weighted by atomic mass is 10.2. The number of fused-ring (bicyclic) bond motifs is 2. The first-order chi connectivity index (χ1) is 12.3. The second kappa shape index (κ2) is 6.46. The van der Waals surface area contributed by atoms with E-state index < -0.39 is 0 Å². The molecule has 0 bridgehead atoms. The number of allylic oxidation sites excluding steroid dienone is 1. The van der Waals surface area contributed by atoms with Crippen LogP contribution in [0, 0.1) is 0 Å². The van der Waals surface area contributed by atoms with Crippen molar-refractivity contribution >= 4 is 45.0 Å². The van der Waals surface area contributed by atoms with Crippen LogP contribution in [-0.4, -0.2) is 28.2 Å². The van der Waals surface area contributed by atoms with Crippen molar-refractivity contribution in [2.45, 2.75) is 6.54 Å². The molecule has 0 saturated carbocycles. The van der Waals surface area contributed by atoms with E-state index >= 15 is 0 Å². The van der Waals surface area contributed by atoms with Crippen molar-refractivity contribution in [3.63, 3.8) is 0 Å². The van der Waals surface area contributed by atoms with Gasteiger partial charge in [-0.15, -0.1) is 16.9 Å². The molecule has 0 spiro atoms. The van der Waals surface area contributed by atoms with Crippen molar-refractivity contribution in [3.05, 3.63) is 47.4 Å². The van der Waals surface area contributed by atoms with Gasteiger partial charge in [-0.2, -0.15) is 0 Å². The minimum absolute atomic E-state index is 0.563. The third-order valence-electron chi connectivity index (χ3n) is 3.77. The standard InChI is InChI=1S/C16H16N8S/c1-18-7-10(6-17)12-4-5-13-15(21-12)24(23-22-13)8-11-2-3-14-16(20-11)25-9-19-14/h2-7,9,22-23H,8,17H2,1H3. The molecule has 4 rings (SSSR count). The van der Waals surface area contributed by atoms with Crippen LogP contribution >= 0.6 is 11.3 Å². The fraction of sp³-hybridized carbons (Fsp3) is 0.125. The maximum absolute atomic E-state index is 5.68. The molecule has 0 fully saturated rings. The van der Waals surface area contributed by atoms with E-state index in [1.165, 1.54) is 17.5 Å². The van der Waals surface area contributed by atoms with E-state index in [1.54, 1.807) is 18.8 Å². The molecule has 0 aromatic carbocycles. The molecule has 0 unspecified atom stereocenters. The molecule has 0 atom stereocenters. The van der Waals surface area contributed by atoms with Crippen LogP contribution in [0.1, 0.15) is 11.4 Å². The largest absolute Gasteiger partial charge is 0.404 e. The van der Waals surface area contributed by atoms with Gasteiger partial charge in [0.1, 0.15) is 4.83 Å². The second-order valence-corrected chi connectivity index (χ2v) is 6.21. The summed E-state index contributed by atoms with van der Waals surface area (Å²) in [7, 11) is 1.70. The van der Waals surface area contributed by atoms with Crippen molar-refractivity contribution in [2.75, 3.05) is 17.5 Å². The Hall–Kier alpha value is -3.04. The van der Waals surface area contributed by atoms with Gasteiger partial charge in [0.15, 0.2) is 5.82 Å². The zero-order valence-corrected chi connectivity index (χ0v) is 14.3. The number of hydrogen-bond donors (Lipinski definition) is 3. The van der Waals surface area contributed by atoms with Gasteiger partial charge < -0.3 is 11.2 Å². The van der Waals surface area contributed by atoms with Crippen LogP contribution in [0.4, 0.5) is 11.5 Å². The molecule has 1 aliphatic heterocycles. The highest BCUT2D eigenvalue weighted by atomic mass is 32.1. The normalized spacial score (nSPS) is 14.3. The highest BCUT2D eigenvalue weighted by Gasteiger charge is 2.21. The summed E-state index contributed by atoms with van der Waals surface area (Å²) < 4.78 is 0.